The van der Waals surface area contributed by atoms with E-state index >= 15 is 0 Å². The Bertz CT molecular complexity index is 219. The molecule has 0 aromatic carbocycles. The summed E-state index contributed by atoms with van der Waals surface area (Å²) < 4.78 is 6.47. The molecule has 0 heterocycles. The van der Waals surface area contributed by atoms with Gasteiger partial charge in [-0.15, -0.1) is 0 Å². The van der Waals surface area contributed by atoms with Crippen molar-refractivity contribution in [3.05, 3.63) is 0 Å². The van der Waals surface area contributed by atoms with Crippen molar-refractivity contribution in [1.82, 2.24) is 5.32 Å². The lowest BCUT2D eigenvalue weighted by Crippen LogP contribution is -2.48. The second kappa shape index (κ2) is 7.49. The van der Waals surface area contributed by atoms with Crippen molar-refractivity contribution in [1.29, 1.82) is 0 Å². The molecule has 1 aliphatic rings. The number of nitrogens with one attached hydrogen (secondary N) is 1. The van der Waals surface area contributed by atoms with Gasteiger partial charge in [0.15, 0.2) is 0 Å². The number of ether oxygens (including phenoxy) is 1. The highest BCUT2D eigenvalue weighted by Crippen LogP contribution is 2.37. The summed E-state index contributed by atoms with van der Waals surface area (Å²) in [7, 11) is 0. The van der Waals surface area contributed by atoms with E-state index in [4.69, 9.17) is 4.74 Å². The van der Waals surface area contributed by atoms with Crippen LogP contribution >= 0.6 is 0 Å². The van der Waals surface area contributed by atoms with Crippen molar-refractivity contribution in [2.24, 2.45) is 11.8 Å². The van der Waals surface area contributed by atoms with Gasteiger partial charge in [0.05, 0.1) is 11.7 Å². The van der Waals surface area contributed by atoms with Gasteiger partial charge in [-0.05, 0) is 51.0 Å². The zero-order chi connectivity index (χ0) is 13.6. The first-order valence-electron chi connectivity index (χ1n) is 7.91. The van der Waals surface area contributed by atoms with Crippen LogP contribution in [0.4, 0.5) is 0 Å². The fraction of sp³-hybridized carbons (Fsp3) is 1.00. The van der Waals surface area contributed by atoms with Crippen LogP contribution in [0.5, 0.6) is 0 Å². The van der Waals surface area contributed by atoms with Crippen molar-refractivity contribution in [2.45, 2.75) is 78.4 Å². The molecule has 0 aromatic heterocycles. The van der Waals surface area contributed by atoms with Crippen LogP contribution in [0.1, 0.15) is 66.7 Å². The zero-order valence-electron chi connectivity index (χ0n) is 13.1. The molecule has 1 N–H and O–H groups in total. The highest BCUT2D eigenvalue weighted by atomic mass is 16.5. The molecular weight excluding hydrogens is 222 g/mol. The van der Waals surface area contributed by atoms with Crippen LogP contribution in [-0.2, 0) is 4.74 Å². The molecule has 18 heavy (non-hydrogen) atoms. The molecule has 1 atom stereocenters. The van der Waals surface area contributed by atoms with E-state index in [1.54, 1.807) is 0 Å². The highest BCUT2D eigenvalue weighted by molar-refractivity contribution is 4.90. The van der Waals surface area contributed by atoms with Crippen molar-refractivity contribution >= 4 is 0 Å². The molecule has 0 amide bonds. The molecule has 0 aliphatic heterocycles. The molecule has 1 fully saturated rings. The van der Waals surface area contributed by atoms with E-state index in [9.17, 15) is 0 Å². The molecule has 1 saturated carbocycles. The van der Waals surface area contributed by atoms with Crippen LogP contribution in [0.2, 0.25) is 0 Å². The summed E-state index contributed by atoms with van der Waals surface area (Å²) in [5.41, 5.74) is 0.103. The molecule has 2 heteroatoms. The third-order valence-corrected chi connectivity index (χ3v) is 4.67. The summed E-state index contributed by atoms with van der Waals surface area (Å²) in [6.07, 6.45) is 6.84. The third-order valence-electron chi connectivity index (χ3n) is 4.67. The van der Waals surface area contributed by atoms with Crippen LogP contribution in [0.25, 0.3) is 0 Å². The molecular formula is C16H33NO. The van der Waals surface area contributed by atoms with Gasteiger partial charge >= 0.3 is 0 Å². The first-order chi connectivity index (χ1) is 8.53. The van der Waals surface area contributed by atoms with E-state index in [1.165, 1.54) is 32.1 Å². The molecule has 0 bridgehead atoms. The maximum absolute atomic E-state index is 6.47. The molecule has 108 valence electrons. The van der Waals surface area contributed by atoms with E-state index < -0.39 is 0 Å². The number of hydrogen-bond donors (Lipinski definition) is 1. The summed E-state index contributed by atoms with van der Waals surface area (Å²) in [6, 6.07) is 0. The van der Waals surface area contributed by atoms with Gasteiger partial charge in [0, 0.05) is 6.54 Å². The Kier molecular flexibility index (Phi) is 6.65. The normalized spacial score (nSPS) is 30.7. The Morgan fingerprint density at radius 1 is 1.17 bits per heavy atom. The van der Waals surface area contributed by atoms with Gasteiger partial charge in [0.2, 0.25) is 0 Å². The average molecular weight is 255 g/mol. The predicted octanol–water partition coefficient (Wildman–Crippen LogP) is 4.00. The van der Waals surface area contributed by atoms with Gasteiger partial charge in [0.1, 0.15) is 0 Å². The Labute approximate surface area is 114 Å². The Morgan fingerprint density at radius 3 is 2.22 bits per heavy atom. The van der Waals surface area contributed by atoms with E-state index in [-0.39, 0.29) is 5.60 Å². The van der Waals surface area contributed by atoms with Gasteiger partial charge in [-0.1, -0.05) is 34.1 Å². The van der Waals surface area contributed by atoms with Crippen LogP contribution in [0.15, 0.2) is 0 Å². The molecule has 1 rings (SSSR count). The summed E-state index contributed by atoms with van der Waals surface area (Å²) in [6.45, 7) is 13.3. The lowest BCUT2D eigenvalue weighted by molar-refractivity contribution is -0.125. The first-order valence-corrected chi connectivity index (χ1v) is 7.91. The maximum Gasteiger partial charge on any atom is 0.0810 e. The fourth-order valence-corrected chi connectivity index (χ4v) is 2.83. The summed E-state index contributed by atoms with van der Waals surface area (Å²) in [5, 5.41) is 3.51. The second-order valence-corrected chi connectivity index (χ2v) is 6.38. The number of likely N-dealkylation sites (N-methyl/N-ethyl adjacent to an activating group) is 1. The Balaban J connectivity index is 2.59. The zero-order valence-corrected chi connectivity index (χ0v) is 13.1. The van der Waals surface area contributed by atoms with Gasteiger partial charge in [-0.3, -0.25) is 0 Å². The van der Waals surface area contributed by atoms with E-state index in [0.29, 0.717) is 12.0 Å². The SMILES string of the molecule is CCNCC1(OC(C)C(C)C)CCC(CC)CC1. The lowest BCUT2D eigenvalue weighted by atomic mass is 9.77. The number of rotatable bonds is 7. The Morgan fingerprint density at radius 2 is 1.78 bits per heavy atom. The maximum atomic E-state index is 6.47. The lowest BCUT2D eigenvalue weighted by Gasteiger charge is -2.42. The first kappa shape index (κ1) is 16.0. The monoisotopic (exact) mass is 255 g/mol. The van der Waals surface area contributed by atoms with Crippen LogP contribution < -0.4 is 5.32 Å². The molecule has 0 saturated heterocycles. The van der Waals surface area contributed by atoms with Crippen LogP contribution in [0, 0.1) is 11.8 Å². The van der Waals surface area contributed by atoms with E-state index in [1.807, 2.05) is 0 Å². The summed E-state index contributed by atoms with van der Waals surface area (Å²) in [5.74, 6) is 1.53. The van der Waals surface area contributed by atoms with Crippen molar-refractivity contribution in [2.75, 3.05) is 13.1 Å². The van der Waals surface area contributed by atoms with Crippen molar-refractivity contribution in [3.8, 4) is 0 Å². The van der Waals surface area contributed by atoms with E-state index in [0.717, 1.165) is 19.0 Å². The third kappa shape index (κ3) is 4.55. The molecule has 0 radical (unpaired) electrons. The van der Waals surface area contributed by atoms with Gasteiger partial charge in [0.25, 0.3) is 0 Å². The second-order valence-electron chi connectivity index (χ2n) is 6.38. The van der Waals surface area contributed by atoms with Crippen LogP contribution in [0.3, 0.4) is 0 Å². The van der Waals surface area contributed by atoms with Crippen molar-refractivity contribution in [3.63, 3.8) is 0 Å². The summed E-state index contributed by atoms with van der Waals surface area (Å²) in [4.78, 5) is 0. The molecule has 2 nitrogen and oxygen atoms in total. The van der Waals surface area contributed by atoms with Gasteiger partial charge in [-0.25, -0.2) is 0 Å². The topological polar surface area (TPSA) is 21.3 Å². The summed E-state index contributed by atoms with van der Waals surface area (Å²) >= 11 is 0. The minimum absolute atomic E-state index is 0.103. The van der Waals surface area contributed by atoms with Gasteiger partial charge in [-0.2, -0.15) is 0 Å². The predicted molar refractivity (Wildman–Crippen MR) is 78.9 cm³/mol. The Hall–Kier alpha value is -0.0800. The van der Waals surface area contributed by atoms with Gasteiger partial charge < -0.3 is 10.1 Å². The minimum Gasteiger partial charge on any atom is -0.370 e. The minimum atomic E-state index is 0.103. The molecule has 1 aliphatic carbocycles. The van der Waals surface area contributed by atoms with Crippen molar-refractivity contribution < 1.29 is 4.74 Å². The molecule has 0 spiro atoms. The molecule has 1 unspecified atom stereocenters. The average Bonchev–Trinajstić information content (AvgIpc) is 2.37. The fourth-order valence-electron chi connectivity index (χ4n) is 2.83. The largest absolute Gasteiger partial charge is 0.370 e. The highest BCUT2D eigenvalue weighted by Gasteiger charge is 2.37. The van der Waals surface area contributed by atoms with E-state index in [2.05, 4.69) is 39.9 Å². The quantitative estimate of drug-likeness (QED) is 0.742. The van der Waals surface area contributed by atoms with Crippen LogP contribution in [-0.4, -0.2) is 24.8 Å². The molecule has 0 aromatic rings. The number of hydrogen-bond acceptors (Lipinski definition) is 2. The smallest absolute Gasteiger partial charge is 0.0810 e. The standard InChI is InChI=1S/C16H33NO/c1-6-15-8-10-16(11-9-15,12-17-7-2)18-14(5)13(3)4/h13-15,17H,6-12H2,1-5H3.